The number of nitrogens with zero attached hydrogens (tertiary/aromatic N) is 4. The van der Waals surface area contributed by atoms with E-state index in [0.717, 1.165) is 0 Å². The van der Waals surface area contributed by atoms with E-state index in [9.17, 15) is 9.59 Å². The van der Waals surface area contributed by atoms with Gasteiger partial charge < -0.3 is 5.32 Å². The highest BCUT2D eigenvalue weighted by atomic mass is 32.2. The molecule has 0 saturated heterocycles. The number of amides is 1. The van der Waals surface area contributed by atoms with Crippen LogP contribution in [0.15, 0.2) is 40.5 Å². The van der Waals surface area contributed by atoms with Crippen LogP contribution in [0.5, 0.6) is 0 Å². The first-order valence-corrected chi connectivity index (χ1v) is 7.34. The fraction of sp³-hybridized carbons (Fsp3) is 0.308. The number of rotatable bonds is 6. The lowest BCUT2D eigenvalue weighted by Gasteiger charge is -2.07. The molecule has 7 nitrogen and oxygen atoms in total. The number of carbonyl (C=O) groups is 1. The van der Waals surface area contributed by atoms with Crippen LogP contribution in [0.2, 0.25) is 0 Å². The molecule has 0 fully saturated rings. The van der Waals surface area contributed by atoms with Crippen LogP contribution in [0.4, 0.5) is 0 Å². The third-order valence-corrected chi connectivity index (χ3v) is 3.51. The molecule has 21 heavy (non-hydrogen) atoms. The average Bonchev–Trinajstić information content (AvgIpc) is 2.48. The zero-order valence-electron chi connectivity index (χ0n) is 11.5. The molecule has 2 heterocycles. The molecule has 0 spiro atoms. The number of hydrogen-bond acceptors (Lipinski definition) is 6. The SMILES string of the molecule is Cc1cc(=O)n(CCNC(=O)CSc2cccnn2)cn1. The van der Waals surface area contributed by atoms with Crippen molar-refractivity contribution in [3.05, 3.63) is 46.8 Å². The Balaban J connectivity index is 1.73. The Morgan fingerprint density at radius 1 is 1.48 bits per heavy atom. The van der Waals surface area contributed by atoms with Crippen LogP contribution in [0.25, 0.3) is 0 Å². The first-order valence-electron chi connectivity index (χ1n) is 6.35. The maximum Gasteiger partial charge on any atom is 0.253 e. The Morgan fingerprint density at radius 2 is 2.33 bits per heavy atom. The number of nitrogens with one attached hydrogen (secondary N) is 1. The third kappa shape index (κ3) is 4.99. The number of hydrogen-bond donors (Lipinski definition) is 1. The van der Waals surface area contributed by atoms with Crippen LogP contribution in [0.1, 0.15) is 5.69 Å². The lowest BCUT2D eigenvalue weighted by Crippen LogP contribution is -2.31. The summed E-state index contributed by atoms with van der Waals surface area (Å²) < 4.78 is 1.46. The van der Waals surface area contributed by atoms with Crippen molar-refractivity contribution >= 4 is 17.7 Å². The van der Waals surface area contributed by atoms with Crippen molar-refractivity contribution < 1.29 is 4.79 Å². The molecule has 110 valence electrons. The molecule has 0 unspecified atom stereocenters. The van der Waals surface area contributed by atoms with Crippen molar-refractivity contribution in [2.45, 2.75) is 18.5 Å². The fourth-order valence-corrected chi connectivity index (χ4v) is 2.22. The normalized spacial score (nSPS) is 10.3. The van der Waals surface area contributed by atoms with E-state index >= 15 is 0 Å². The van der Waals surface area contributed by atoms with Gasteiger partial charge in [-0.05, 0) is 19.1 Å². The topological polar surface area (TPSA) is 89.8 Å². The second kappa shape index (κ2) is 7.53. The Labute approximate surface area is 125 Å². The molecule has 0 aliphatic carbocycles. The average molecular weight is 305 g/mol. The van der Waals surface area contributed by atoms with Gasteiger partial charge in [-0.15, -0.1) is 5.10 Å². The highest BCUT2D eigenvalue weighted by Gasteiger charge is 2.04. The summed E-state index contributed by atoms with van der Waals surface area (Å²) in [6.45, 7) is 2.54. The van der Waals surface area contributed by atoms with Gasteiger partial charge in [0.25, 0.3) is 5.56 Å². The fourth-order valence-electron chi connectivity index (χ4n) is 1.56. The molecule has 1 N–H and O–H groups in total. The Bertz CT molecular complexity index is 659. The van der Waals surface area contributed by atoms with Gasteiger partial charge in [0.05, 0.1) is 12.1 Å². The largest absolute Gasteiger partial charge is 0.354 e. The summed E-state index contributed by atoms with van der Waals surface area (Å²) in [6, 6.07) is 5.03. The van der Waals surface area contributed by atoms with Gasteiger partial charge in [0.15, 0.2) is 0 Å². The minimum absolute atomic E-state index is 0.112. The molecule has 0 aromatic carbocycles. The van der Waals surface area contributed by atoms with Gasteiger partial charge >= 0.3 is 0 Å². The maximum atomic E-state index is 11.7. The molecule has 2 aromatic heterocycles. The summed E-state index contributed by atoms with van der Waals surface area (Å²) in [5, 5.41) is 11.1. The van der Waals surface area contributed by atoms with Crippen LogP contribution in [0.3, 0.4) is 0 Å². The van der Waals surface area contributed by atoms with Gasteiger partial charge in [0.1, 0.15) is 5.03 Å². The predicted molar refractivity (Wildman–Crippen MR) is 79.0 cm³/mol. The van der Waals surface area contributed by atoms with Crippen LogP contribution in [-0.2, 0) is 11.3 Å². The van der Waals surface area contributed by atoms with Gasteiger partial charge in [0, 0.05) is 31.0 Å². The smallest absolute Gasteiger partial charge is 0.253 e. The monoisotopic (exact) mass is 305 g/mol. The van der Waals surface area contributed by atoms with Gasteiger partial charge in [-0.25, -0.2) is 4.98 Å². The molecule has 0 aliphatic rings. The van der Waals surface area contributed by atoms with Gasteiger partial charge in [-0.1, -0.05) is 11.8 Å². The van der Waals surface area contributed by atoms with E-state index < -0.39 is 0 Å². The van der Waals surface area contributed by atoms with Crippen molar-refractivity contribution in [1.82, 2.24) is 25.1 Å². The summed E-state index contributed by atoms with van der Waals surface area (Å²) in [5.41, 5.74) is 0.561. The molecule has 2 aromatic rings. The van der Waals surface area contributed by atoms with Crippen molar-refractivity contribution in [2.24, 2.45) is 0 Å². The second-order valence-corrected chi connectivity index (χ2v) is 5.26. The molecule has 0 atom stereocenters. The summed E-state index contributed by atoms with van der Waals surface area (Å²) in [7, 11) is 0. The first-order chi connectivity index (χ1) is 10.1. The summed E-state index contributed by atoms with van der Waals surface area (Å²) in [5.74, 6) is 0.151. The van der Waals surface area contributed by atoms with E-state index in [1.807, 2.05) is 0 Å². The summed E-state index contributed by atoms with van der Waals surface area (Å²) in [6.07, 6.45) is 3.07. The minimum Gasteiger partial charge on any atom is -0.354 e. The van der Waals surface area contributed by atoms with E-state index in [0.29, 0.717) is 23.8 Å². The summed E-state index contributed by atoms with van der Waals surface area (Å²) in [4.78, 5) is 27.3. The van der Waals surface area contributed by atoms with E-state index in [1.165, 1.54) is 28.7 Å². The van der Waals surface area contributed by atoms with Crippen molar-refractivity contribution in [3.8, 4) is 0 Å². The van der Waals surface area contributed by atoms with Crippen LogP contribution < -0.4 is 10.9 Å². The first kappa shape index (κ1) is 15.2. The minimum atomic E-state index is -0.120. The zero-order valence-corrected chi connectivity index (χ0v) is 12.3. The molecule has 0 saturated carbocycles. The number of aryl methyl sites for hydroxylation is 1. The van der Waals surface area contributed by atoms with Crippen molar-refractivity contribution in [1.29, 1.82) is 0 Å². The molecular weight excluding hydrogens is 290 g/mol. The lowest BCUT2D eigenvalue weighted by molar-refractivity contribution is -0.118. The molecule has 0 radical (unpaired) electrons. The van der Waals surface area contributed by atoms with E-state index in [4.69, 9.17) is 0 Å². The molecule has 2 rings (SSSR count). The second-order valence-electron chi connectivity index (χ2n) is 4.26. The molecule has 0 bridgehead atoms. The Morgan fingerprint density at radius 3 is 3.05 bits per heavy atom. The number of thioether (sulfide) groups is 1. The molecule has 1 amide bonds. The van der Waals surface area contributed by atoms with Gasteiger partial charge in [0.2, 0.25) is 5.91 Å². The van der Waals surface area contributed by atoms with Gasteiger partial charge in [-0.3, -0.25) is 14.2 Å². The van der Waals surface area contributed by atoms with Crippen molar-refractivity contribution in [3.63, 3.8) is 0 Å². The molecular formula is C13H15N5O2S. The van der Waals surface area contributed by atoms with E-state index in [1.54, 1.807) is 25.3 Å². The Hall–Kier alpha value is -2.22. The van der Waals surface area contributed by atoms with Crippen LogP contribution in [-0.4, -0.2) is 38.0 Å². The lowest BCUT2D eigenvalue weighted by atomic mass is 10.4. The highest BCUT2D eigenvalue weighted by molar-refractivity contribution is 7.99. The number of aromatic nitrogens is 4. The van der Waals surface area contributed by atoms with E-state index in [2.05, 4.69) is 20.5 Å². The highest BCUT2D eigenvalue weighted by Crippen LogP contribution is 2.11. The molecule has 8 heteroatoms. The van der Waals surface area contributed by atoms with E-state index in [-0.39, 0.29) is 17.2 Å². The summed E-state index contributed by atoms with van der Waals surface area (Å²) >= 11 is 1.31. The van der Waals surface area contributed by atoms with Crippen LogP contribution >= 0.6 is 11.8 Å². The van der Waals surface area contributed by atoms with Crippen molar-refractivity contribution in [2.75, 3.05) is 12.3 Å². The molecule has 0 aliphatic heterocycles. The number of carbonyl (C=O) groups excluding carboxylic acids is 1. The zero-order chi connectivity index (χ0) is 15.1. The quantitative estimate of drug-likeness (QED) is 0.770. The van der Waals surface area contributed by atoms with Crippen LogP contribution in [0, 0.1) is 6.92 Å². The van der Waals surface area contributed by atoms with Gasteiger partial charge in [-0.2, -0.15) is 5.10 Å². The maximum absolute atomic E-state index is 11.7. The Kier molecular flexibility index (Phi) is 5.44. The third-order valence-electron chi connectivity index (χ3n) is 2.59. The standard InChI is InChI=1S/C13H15N5O2S/c1-10-7-13(20)18(9-15-10)6-5-14-11(19)8-21-12-3-2-4-16-17-12/h2-4,7,9H,5-6,8H2,1H3,(H,14,19). The predicted octanol–water partition coefficient (Wildman–Crippen LogP) is 0.250.